The second kappa shape index (κ2) is 6.21. The Morgan fingerprint density at radius 1 is 1.22 bits per heavy atom. The first kappa shape index (κ1) is 13.4. The van der Waals surface area contributed by atoms with E-state index in [1.807, 2.05) is 13.0 Å². The van der Waals surface area contributed by atoms with Crippen LogP contribution in [0.4, 0.5) is 10.1 Å². The first-order chi connectivity index (χ1) is 8.69. The fraction of sp³-hybridized carbons (Fsp3) is 0.625. The molecule has 0 heterocycles. The topological polar surface area (TPSA) is 12.0 Å². The van der Waals surface area contributed by atoms with E-state index in [0.29, 0.717) is 6.04 Å². The lowest BCUT2D eigenvalue weighted by atomic mass is 9.98. The Kier molecular flexibility index (Phi) is 4.62. The van der Waals surface area contributed by atoms with Crippen molar-refractivity contribution in [2.24, 2.45) is 5.92 Å². The molecule has 0 saturated heterocycles. The van der Waals surface area contributed by atoms with E-state index in [4.69, 9.17) is 0 Å². The molecule has 2 atom stereocenters. The van der Waals surface area contributed by atoms with Crippen LogP contribution in [0.15, 0.2) is 18.2 Å². The third kappa shape index (κ3) is 3.47. The summed E-state index contributed by atoms with van der Waals surface area (Å²) in [5, 5.41) is 3.53. The van der Waals surface area contributed by atoms with Gasteiger partial charge in [0.2, 0.25) is 0 Å². The zero-order valence-corrected chi connectivity index (χ0v) is 11.5. The average Bonchev–Trinajstić information content (AvgIpc) is 2.59. The van der Waals surface area contributed by atoms with E-state index in [9.17, 15) is 4.39 Å². The van der Waals surface area contributed by atoms with Gasteiger partial charge in [-0.1, -0.05) is 32.3 Å². The van der Waals surface area contributed by atoms with Crippen LogP contribution in [-0.2, 0) is 0 Å². The number of benzene rings is 1. The van der Waals surface area contributed by atoms with Crippen molar-refractivity contribution >= 4 is 5.69 Å². The number of rotatable bonds is 3. The molecule has 100 valence electrons. The summed E-state index contributed by atoms with van der Waals surface area (Å²) in [7, 11) is 0. The Balaban J connectivity index is 1.98. The quantitative estimate of drug-likeness (QED) is 0.751. The Bertz CT molecular complexity index is 389. The van der Waals surface area contributed by atoms with Crippen molar-refractivity contribution in [3.63, 3.8) is 0 Å². The Labute approximate surface area is 110 Å². The maximum atomic E-state index is 13.3. The maximum absolute atomic E-state index is 13.3. The summed E-state index contributed by atoms with van der Waals surface area (Å²) in [6.07, 6.45) is 7.69. The number of anilines is 1. The SMILES string of the molecule is CCC1CCCC(Nc2cc(F)ccc2C)CC1. The summed E-state index contributed by atoms with van der Waals surface area (Å²) in [6, 6.07) is 5.52. The smallest absolute Gasteiger partial charge is 0.125 e. The highest BCUT2D eigenvalue weighted by Gasteiger charge is 2.18. The standard InChI is InChI=1S/C16H24FN/c1-3-13-5-4-6-15(10-8-13)18-16-11-14(17)9-7-12(16)2/h7,9,11,13,15,18H,3-6,8,10H2,1-2H3. The van der Waals surface area contributed by atoms with Crippen molar-refractivity contribution in [2.75, 3.05) is 5.32 Å². The van der Waals surface area contributed by atoms with Crippen molar-refractivity contribution in [3.05, 3.63) is 29.6 Å². The van der Waals surface area contributed by atoms with Crippen LogP contribution in [0.1, 0.15) is 51.0 Å². The second-order valence-corrected chi connectivity index (χ2v) is 5.58. The van der Waals surface area contributed by atoms with Crippen LogP contribution in [0.25, 0.3) is 0 Å². The molecule has 1 aromatic rings. The summed E-state index contributed by atoms with van der Waals surface area (Å²) in [5.41, 5.74) is 2.10. The van der Waals surface area contributed by atoms with Crippen LogP contribution < -0.4 is 5.32 Å². The Morgan fingerprint density at radius 3 is 2.83 bits per heavy atom. The van der Waals surface area contributed by atoms with Gasteiger partial charge in [-0.3, -0.25) is 0 Å². The van der Waals surface area contributed by atoms with Gasteiger partial charge in [0.25, 0.3) is 0 Å². The van der Waals surface area contributed by atoms with Crippen LogP contribution in [0.5, 0.6) is 0 Å². The molecule has 18 heavy (non-hydrogen) atoms. The number of hydrogen-bond donors (Lipinski definition) is 1. The molecule has 0 aliphatic heterocycles. The first-order valence-electron chi connectivity index (χ1n) is 7.21. The molecule has 2 heteroatoms. The van der Waals surface area contributed by atoms with Gasteiger partial charge in [-0.25, -0.2) is 4.39 Å². The minimum atomic E-state index is -0.150. The van der Waals surface area contributed by atoms with E-state index >= 15 is 0 Å². The van der Waals surface area contributed by atoms with Gasteiger partial charge >= 0.3 is 0 Å². The highest BCUT2D eigenvalue weighted by atomic mass is 19.1. The molecule has 1 nitrogen and oxygen atoms in total. The lowest BCUT2D eigenvalue weighted by molar-refractivity contribution is 0.444. The lowest BCUT2D eigenvalue weighted by Gasteiger charge is -2.19. The van der Waals surface area contributed by atoms with Gasteiger partial charge in [-0.15, -0.1) is 0 Å². The summed E-state index contributed by atoms with van der Waals surface area (Å²) < 4.78 is 13.3. The van der Waals surface area contributed by atoms with Crippen molar-refractivity contribution in [1.82, 2.24) is 0 Å². The second-order valence-electron chi connectivity index (χ2n) is 5.58. The van der Waals surface area contributed by atoms with Gasteiger partial charge in [0.1, 0.15) is 5.82 Å². The van der Waals surface area contributed by atoms with Crippen LogP contribution in [0.3, 0.4) is 0 Å². The Morgan fingerprint density at radius 2 is 2.06 bits per heavy atom. The minimum Gasteiger partial charge on any atom is -0.382 e. The summed E-state index contributed by atoms with van der Waals surface area (Å²) >= 11 is 0. The molecule has 0 amide bonds. The molecule has 1 fully saturated rings. The zero-order valence-electron chi connectivity index (χ0n) is 11.5. The van der Waals surface area contributed by atoms with E-state index in [2.05, 4.69) is 12.2 Å². The van der Waals surface area contributed by atoms with Gasteiger partial charge < -0.3 is 5.32 Å². The summed E-state index contributed by atoms with van der Waals surface area (Å²) in [4.78, 5) is 0. The summed E-state index contributed by atoms with van der Waals surface area (Å²) in [6.45, 7) is 4.32. The molecular formula is C16H24FN. The van der Waals surface area contributed by atoms with E-state index in [0.717, 1.165) is 17.2 Å². The minimum absolute atomic E-state index is 0.150. The van der Waals surface area contributed by atoms with Crippen molar-refractivity contribution < 1.29 is 4.39 Å². The summed E-state index contributed by atoms with van der Waals surface area (Å²) in [5.74, 6) is 0.744. The van der Waals surface area contributed by atoms with Crippen LogP contribution in [0.2, 0.25) is 0 Å². The fourth-order valence-electron chi connectivity index (χ4n) is 2.90. The molecule has 0 bridgehead atoms. The highest BCUT2D eigenvalue weighted by Crippen LogP contribution is 2.28. The molecule has 0 radical (unpaired) electrons. The molecular weight excluding hydrogens is 225 g/mol. The number of halogens is 1. The zero-order chi connectivity index (χ0) is 13.0. The Hall–Kier alpha value is -1.05. The van der Waals surface area contributed by atoms with Crippen LogP contribution in [0, 0.1) is 18.7 Å². The van der Waals surface area contributed by atoms with Gasteiger partial charge in [0.15, 0.2) is 0 Å². The molecule has 1 saturated carbocycles. The van der Waals surface area contributed by atoms with Gasteiger partial charge in [0, 0.05) is 11.7 Å². The molecule has 0 spiro atoms. The first-order valence-corrected chi connectivity index (χ1v) is 7.21. The third-order valence-electron chi connectivity index (χ3n) is 4.22. The molecule has 1 aliphatic carbocycles. The maximum Gasteiger partial charge on any atom is 0.125 e. The molecule has 1 aliphatic rings. The number of hydrogen-bond acceptors (Lipinski definition) is 1. The predicted octanol–water partition coefficient (Wildman–Crippen LogP) is 4.90. The van der Waals surface area contributed by atoms with Crippen molar-refractivity contribution in [1.29, 1.82) is 0 Å². The van der Waals surface area contributed by atoms with E-state index in [1.165, 1.54) is 44.6 Å². The van der Waals surface area contributed by atoms with E-state index in [1.54, 1.807) is 6.07 Å². The van der Waals surface area contributed by atoms with Gasteiger partial charge in [0.05, 0.1) is 0 Å². The number of aryl methyl sites for hydroxylation is 1. The van der Waals surface area contributed by atoms with Crippen LogP contribution in [-0.4, -0.2) is 6.04 Å². The molecule has 2 unspecified atom stereocenters. The van der Waals surface area contributed by atoms with Gasteiger partial charge in [-0.2, -0.15) is 0 Å². The molecule has 0 aromatic heterocycles. The van der Waals surface area contributed by atoms with Crippen molar-refractivity contribution in [3.8, 4) is 0 Å². The van der Waals surface area contributed by atoms with E-state index in [-0.39, 0.29) is 5.82 Å². The van der Waals surface area contributed by atoms with E-state index < -0.39 is 0 Å². The third-order valence-corrected chi connectivity index (χ3v) is 4.22. The largest absolute Gasteiger partial charge is 0.382 e. The highest BCUT2D eigenvalue weighted by molar-refractivity contribution is 5.51. The average molecular weight is 249 g/mol. The fourth-order valence-corrected chi connectivity index (χ4v) is 2.90. The molecule has 1 N–H and O–H groups in total. The van der Waals surface area contributed by atoms with Crippen LogP contribution >= 0.6 is 0 Å². The molecule has 2 rings (SSSR count). The van der Waals surface area contributed by atoms with Gasteiger partial charge in [-0.05, 0) is 49.8 Å². The predicted molar refractivity (Wildman–Crippen MR) is 75.4 cm³/mol. The normalized spacial score (nSPS) is 24.6. The molecule has 1 aromatic carbocycles. The van der Waals surface area contributed by atoms with Crippen molar-refractivity contribution in [2.45, 2.75) is 58.4 Å². The number of nitrogens with one attached hydrogen (secondary N) is 1. The monoisotopic (exact) mass is 249 g/mol. The lowest BCUT2D eigenvalue weighted by Crippen LogP contribution is -2.19.